The number of benzene rings is 2. The molecular weight excluding hydrogens is 374 g/mol. The number of sulfonamides is 1. The summed E-state index contributed by atoms with van der Waals surface area (Å²) in [4.78, 5) is 14.2. The Morgan fingerprint density at radius 1 is 1.07 bits per heavy atom. The molecule has 0 aliphatic carbocycles. The molecule has 0 unspecified atom stereocenters. The van der Waals surface area contributed by atoms with Gasteiger partial charge in [0.2, 0.25) is 0 Å². The number of hydrogen-bond acceptors (Lipinski definition) is 3. The third-order valence-electron chi connectivity index (χ3n) is 4.66. The van der Waals surface area contributed by atoms with E-state index in [4.69, 9.17) is 0 Å². The summed E-state index contributed by atoms with van der Waals surface area (Å²) in [5.74, 6) is -1.35. The Hall–Kier alpha value is -2.48. The van der Waals surface area contributed by atoms with E-state index < -0.39 is 21.7 Å². The lowest BCUT2D eigenvalue weighted by Crippen LogP contribution is -2.37. The van der Waals surface area contributed by atoms with Crippen molar-refractivity contribution in [3.8, 4) is 0 Å². The predicted octanol–water partition coefficient (Wildman–Crippen LogP) is 3.64. The maximum Gasteiger partial charge on any atom is 0.261 e. The number of halogens is 2. The van der Waals surface area contributed by atoms with Crippen LogP contribution < -0.4 is 4.72 Å². The molecule has 8 heteroatoms. The number of carbonyl (C=O) groups is 1. The Labute approximate surface area is 157 Å². The number of nitrogens with zero attached hydrogens (tertiary/aromatic N) is 1. The number of hydrogen-bond donors (Lipinski definition) is 1. The summed E-state index contributed by atoms with van der Waals surface area (Å²) in [6.07, 6.45) is 1.90. The Kier molecular flexibility index (Phi) is 5.46. The minimum absolute atomic E-state index is 0.116. The zero-order chi connectivity index (χ0) is 19.6. The quantitative estimate of drug-likeness (QED) is 0.861. The smallest absolute Gasteiger partial charge is 0.261 e. The molecule has 1 N–H and O–H groups in total. The summed E-state index contributed by atoms with van der Waals surface area (Å²) in [5.41, 5.74) is 0.0513. The highest BCUT2D eigenvalue weighted by Gasteiger charge is 2.22. The third-order valence-corrected chi connectivity index (χ3v) is 6.04. The Bertz CT molecular complexity index is 938. The molecule has 27 heavy (non-hydrogen) atoms. The van der Waals surface area contributed by atoms with E-state index in [-0.39, 0.29) is 16.5 Å². The van der Waals surface area contributed by atoms with Crippen LogP contribution in [-0.4, -0.2) is 32.3 Å². The van der Waals surface area contributed by atoms with Gasteiger partial charge in [0.1, 0.15) is 11.6 Å². The summed E-state index contributed by atoms with van der Waals surface area (Å²) >= 11 is 0. The molecule has 1 aliphatic rings. The van der Waals surface area contributed by atoms with E-state index in [0.29, 0.717) is 30.6 Å². The van der Waals surface area contributed by atoms with Crippen molar-refractivity contribution in [3.05, 3.63) is 59.7 Å². The van der Waals surface area contributed by atoms with Crippen molar-refractivity contribution in [2.24, 2.45) is 5.92 Å². The summed E-state index contributed by atoms with van der Waals surface area (Å²) in [6.45, 7) is 3.52. The fourth-order valence-corrected chi connectivity index (χ4v) is 4.01. The molecule has 1 aliphatic heterocycles. The summed E-state index contributed by atoms with van der Waals surface area (Å²) in [7, 11) is -4.06. The fraction of sp³-hybridized carbons (Fsp3) is 0.316. The average Bonchev–Trinajstić information content (AvgIpc) is 2.64. The van der Waals surface area contributed by atoms with Gasteiger partial charge in [-0.3, -0.25) is 9.52 Å². The van der Waals surface area contributed by atoms with Gasteiger partial charge in [0, 0.05) is 24.7 Å². The molecule has 0 bridgehead atoms. The highest BCUT2D eigenvalue weighted by Crippen LogP contribution is 2.22. The molecule has 3 rings (SSSR count). The minimum atomic E-state index is -4.06. The van der Waals surface area contributed by atoms with Gasteiger partial charge in [0.05, 0.1) is 10.6 Å². The van der Waals surface area contributed by atoms with Crippen LogP contribution in [0.15, 0.2) is 47.4 Å². The van der Waals surface area contributed by atoms with Crippen LogP contribution in [0, 0.1) is 17.6 Å². The van der Waals surface area contributed by atoms with Crippen molar-refractivity contribution in [2.45, 2.75) is 24.7 Å². The van der Waals surface area contributed by atoms with Crippen LogP contribution in [0.25, 0.3) is 0 Å². The molecule has 1 saturated heterocycles. The third kappa shape index (κ3) is 4.44. The molecule has 1 amide bonds. The van der Waals surface area contributed by atoms with Crippen LogP contribution in [0.1, 0.15) is 30.1 Å². The van der Waals surface area contributed by atoms with E-state index in [0.717, 1.165) is 25.0 Å². The van der Waals surface area contributed by atoms with Crippen LogP contribution >= 0.6 is 0 Å². The Balaban J connectivity index is 1.74. The minimum Gasteiger partial charge on any atom is -0.339 e. The summed E-state index contributed by atoms with van der Waals surface area (Å²) in [6, 6.07) is 8.04. The van der Waals surface area contributed by atoms with Crippen LogP contribution in [0.3, 0.4) is 0 Å². The first-order valence-electron chi connectivity index (χ1n) is 8.63. The van der Waals surface area contributed by atoms with Gasteiger partial charge >= 0.3 is 0 Å². The summed E-state index contributed by atoms with van der Waals surface area (Å²) in [5, 5.41) is 0. The molecule has 2 aromatic carbocycles. The van der Waals surface area contributed by atoms with Crippen LogP contribution in [-0.2, 0) is 10.0 Å². The predicted molar refractivity (Wildman–Crippen MR) is 97.9 cm³/mol. The van der Waals surface area contributed by atoms with Crippen molar-refractivity contribution < 1.29 is 22.0 Å². The van der Waals surface area contributed by atoms with Crippen LogP contribution in [0.5, 0.6) is 0 Å². The Morgan fingerprint density at radius 2 is 1.70 bits per heavy atom. The van der Waals surface area contributed by atoms with Gasteiger partial charge in [-0.2, -0.15) is 0 Å². The normalized spacial score (nSPS) is 15.6. The number of amides is 1. The molecule has 2 aromatic rings. The molecule has 1 fully saturated rings. The van der Waals surface area contributed by atoms with Crippen LogP contribution in [0.2, 0.25) is 0 Å². The first-order valence-corrected chi connectivity index (χ1v) is 10.1. The maximum absolute atomic E-state index is 13.7. The molecule has 1 heterocycles. The number of carbonyl (C=O) groups excluding carboxylic acids is 1. The van der Waals surface area contributed by atoms with Gasteiger partial charge in [-0.15, -0.1) is 0 Å². The van der Waals surface area contributed by atoms with Crippen molar-refractivity contribution in [1.29, 1.82) is 0 Å². The second-order valence-corrected chi connectivity index (χ2v) is 8.41. The highest BCUT2D eigenvalue weighted by molar-refractivity contribution is 7.92. The van der Waals surface area contributed by atoms with Crippen molar-refractivity contribution in [1.82, 2.24) is 4.90 Å². The van der Waals surface area contributed by atoms with Crippen LogP contribution in [0.4, 0.5) is 14.5 Å². The SMILES string of the molecule is CC1CCN(C(=O)c2ccc(S(=O)(=O)Nc3ccc(F)cc3F)cc2)CC1. The molecule has 0 aromatic heterocycles. The molecule has 0 saturated carbocycles. The van der Waals surface area contributed by atoms with Crippen molar-refractivity contribution >= 4 is 21.6 Å². The number of anilines is 1. The lowest BCUT2D eigenvalue weighted by molar-refractivity contribution is 0.0697. The van der Waals surface area contributed by atoms with E-state index in [9.17, 15) is 22.0 Å². The first-order chi connectivity index (χ1) is 12.8. The average molecular weight is 394 g/mol. The van der Waals surface area contributed by atoms with E-state index in [2.05, 4.69) is 11.6 Å². The second kappa shape index (κ2) is 7.64. The number of likely N-dealkylation sites (tertiary alicyclic amines) is 1. The largest absolute Gasteiger partial charge is 0.339 e. The number of rotatable bonds is 4. The monoisotopic (exact) mass is 394 g/mol. The number of piperidine rings is 1. The molecule has 0 radical (unpaired) electrons. The second-order valence-electron chi connectivity index (χ2n) is 6.73. The molecule has 5 nitrogen and oxygen atoms in total. The lowest BCUT2D eigenvalue weighted by atomic mass is 9.98. The summed E-state index contributed by atoms with van der Waals surface area (Å²) < 4.78 is 53.5. The topological polar surface area (TPSA) is 66.5 Å². The van der Waals surface area contributed by atoms with E-state index >= 15 is 0 Å². The zero-order valence-electron chi connectivity index (χ0n) is 14.8. The van der Waals surface area contributed by atoms with E-state index in [1.807, 2.05) is 0 Å². The van der Waals surface area contributed by atoms with E-state index in [1.165, 1.54) is 24.3 Å². The molecular formula is C19H20F2N2O3S. The maximum atomic E-state index is 13.7. The zero-order valence-corrected chi connectivity index (χ0v) is 15.6. The molecule has 0 atom stereocenters. The first kappa shape index (κ1) is 19.3. The van der Waals surface area contributed by atoms with Crippen molar-refractivity contribution in [2.75, 3.05) is 17.8 Å². The van der Waals surface area contributed by atoms with Gasteiger partial charge in [0.15, 0.2) is 0 Å². The standard InChI is InChI=1S/C19H20F2N2O3S/c1-13-8-10-23(11-9-13)19(24)14-2-5-16(6-3-14)27(25,26)22-18-7-4-15(20)12-17(18)21/h2-7,12-13,22H,8-11H2,1H3. The lowest BCUT2D eigenvalue weighted by Gasteiger charge is -2.30. The van der Waals surface area contributed by atoms with Gasteiger partial charge in [-0.1, -0.05) is 6.92 Å². The Morgan fingerprint density at radius 3 is 2.30 bits per heavy atom. The number of nitrogens with one attached hydrogen (secondary N) is 1. The van der Waals surface area contributed by atoms with E-state index in [1.54, 1.807) is 4.90 Å². The van der Waals surface area contributed by atoms with Gasteiger partial charge in [-0.25, -0.2) is 17.2 Å². The van der Waals surface area contributed by atoms with Crippen molar-refractivity contribution in [3.63, 3.8) is 0 Å². The highest BCUT2D eigenvalue weighted by atomic mass is 32.2. The fourth-order valence-electron chi connectivity index (χ4n) is 2.95. The molecule has 144 valence electrons. The molecule has 0 spiro atoms. The van der Waals surface area contributed by atoms with Gasteiger partial charge in [-0.05, 0) is 55.2 Å². The van der Waals surface area contributed by atoms with Gasteiger partial charge < -0.3 is 4.90 Å². The van der Waals surface area contributed by atoms with Gasteiger partial charge in [0.25, 0.3) is 15.9 Å².